The number of aryl methyl sites for hydroxylation is 4. The number of hydrogen-bond donors (Lipinski definition) is 1. The average Bonchev–Trinajstić information content (AvgIpc) is 4.13. The molecule has 0 spiro atoms. The van der Waals surface area contributed by atoms with Crippen molar-refractivity contribution < 1.29 is 0 Å². The zero-order valence-electron chi connectivity index (χ0n) is 38.2. The molecule has 6 heteroatoms. The predicted octanol–water partition coefficient (Wildman–Crippen LogP) is 15.1. The third-order valence-electron chi connectivity index (χ3n) is 15.4. The Kier molecular flexibility index (Phi) is 8.06. The highest BCUT2D eigenvalue weighted by atomic mass is 15.1. The molecule has 328 valence electrons. The quantitative estimate of drug-likeness (QED) is 0.169. The Hall–Kier alpha value is -8.61. The molecule has 2 aliphatic carbocycles. The minimum Gasteiger partial charge on any atom is -0.385 e. The molecule has 0 unspecified atom stereocenters. The molecule has 2 aliphatic rings. The lowest BCUT2D eigenvalue weighted by Gasteiger charge is -2.31. The summed E-state index contributed by atoms with van der Waals surface area (Å²) in [4.78, 5) is 5.04. The molecule has 5 aromatic heterocycles. The Morgan fingerprint density at radius 1 is 0.478 bits per heavy atom. The van der Waals surface area contributed by atoms with Crippen LogP contribution < -0.4 is 5.73 Å². The van der Waals surface area contributed by atoms with E-state index in [1.54, 1.807) is 0 Å². The van der Waals surface area contributed by atoms with Gasteiger partial charge in [0.15, 0.2) is 0 Å². The van der Waals surface area contributed by atoms with Crippen LogP contribution in [-0.4, -0.2) is 23.3 Å². The van der Waals surface area contributed by atoms with Crippen LogP contribution in [0.15, 0.2) is 188 Å². The fourth-order valence-corrected chi connectivity index (χ4v) is 12.7. The largest absolute Gasteiger partial charge is 0.385 e. The summed E-state index contributed by atoms with van der Waals surface area (Å²) >= 11 is 0. The van der Waals surface area contributed by atoms with E-state index in [2.05, 4.69) is 201 Å². The van der Waals surface area contributed by atoms with E-state index in [9.17, 15) is 0 Å². The second kappa shape index (κ2) is 14.4. The third kappa shape index (κ3) is 5.28. The number of pyridine rings is 1. The Bertz CT molecular complexity index is 4310. The summed E-state index contributed by atoms with van der Waals surface area (Å²) in [5.74, 6) is 1.67. The minimum absolute atomic E-state index is 0.729. The van der Waals surface area contributed by atoms with Gasteiger partial charge >= 0.3 is 0 Å². The fraction of sp³-hybridized carbons (Fsp3) is 0.0952. The molecule has 0 saturated carbocycles. The summed E-state index contributed by atoms with van der Waals surface area (Å²) in [6.07, 6.45) is 13.0. The molecule has 8 aromatic carbocycles. The molecular weight excluding hydrogens is 841 g/mol. The second-order valence-corrected chi connectivity index (χ2v) is 19.0. The van der Waals surface area contributed by atoms with Crippen LogP contribution in [0.4, 0.5) is 0 Å². The lowest BCUT2D eigenvalue weighted by atomic mass is 9.74. The lowest BCUT2D eigenvalue weighted by Crippen LogP contribution is -2.17. The van der Waals surface area contributed by atoms with Crippen molar-refractivity contribution in [1.82, 2.24) is 23.3 Å². The summed E-state index contributed by atoms with van der Waals surface area (Å²) in [7, 11) is 0. The van der Waals surface area contributed by atoms with Gasteiger partial charge in [-0.25, -0.2) is 4.98 Å². The molecule has 69 heavy (non-hydrogen) atoms. The highest BCUT2D eigenvalue weighted by molar-refractivity contribution is 6.18. The first-order valence-corrected chi connectivity index (χ1v) is 24.4. The van der Waals surface area contributed by atoms with Gasteiger partial charge in [-0.3, -0.25) is 9.13 Å². The smallest absolute Gasteiger partial charge is 0.137 e. The van der Waals surface area contributed by atoms with Gasteiger partial charge in [0.2, 0.25) is 0 Å². The zero-order valence-corrected chi connectivity index (χ0v) is 38.2. The van der Waals surface area contributed by atoms with Crippen LogP contribution in [-0.2, 0) is 25.7 Å². The summed E-state index contributed by atoms with van der Waals surface area (Å²) < 4.78 is 9.67. The summed E-state index contributed by atoms with van der Waals surface area (Å²) in [6.45, 7) is 2.16. The number of nitrogens with two attached hydrogens (primary N) is 1. The van der Waals surface area contributed by atoms with E-state index in [0.717, 1.165) is 60.6 Å². The predicted molar refractivity (Wildman–Crippen MR) is 288 cm³/mol. The van der Waals surface area contributed by atoms with Gasteiger partial charge in [0.1, 0.15) is 11.6 Å². The van der Waals surface area contributed by atoms with Crippen molar-refractivity contribution in [2.24, 2.45) is 5.73 Å². The molecule has 0 aliphatic heterocycles. The third-order valence-corrected chi connectivity index (χ3v) is 15.4. The number of aromatic nitrogens is 5. The van der Waals surface area contributed by atoms with Gasteiger partial charge in [0.25, 0.3) is 0 Å². The fourth-order valence-electron chi connectivity index (χ4n) is 12.7. The van der Waals surface area contributed by atoms with Crippen molar-refractivity contribution in [1.29, 1.82) is 0 Å². The van der Waals surface area contributed by atoms with E-state index in [-0.39, 0.29) is 0 Å². The van der Waals surface area contributed by atoms with Crippen molar-refractivity contribution >= 4 is 93.0 Å². The van der Waals surface area contributed by atoms with E-state index >= 15 is 0 Å². The number of para-hydroxylation sites is 4. The van der Waals surface area contributed by atoms with E-state index < -0.39 is 0 Å². The summed E-state index contributed by atoms with van der Waals surface area (Å²) in [6, 6.07) is 60.5. The first kappa shape index (κ1) is 38.5. The van der Waals surface area contributed by atoms with E-state index in [4.69, 9.17) is 10.7 Å². The molecule has 0 atom stereocenters. The van der Waals surface area contributed by atoms with Crippen LogP contribution in [0, 0.1) is 0 Å². The number of hydrogen-bond acceptors (Lipinski definition) is 2. The van der Waals surface area contributed by atoms with Crippen molar-refractivity contribution in [3.63, 3.8) is 0 Å². The average molecular weight is 887 g/mol. The Morgan fingerprint density at radius 2 is 0.957 bits per heavy atom. The number of allylic oxidation sites excluding steroid dienone is 3. The molecule has 15 rings (SSSR count). The highest BCUT2D eigenvalue weighted by Crippen LogP contribution is 2.51. The van der Waals surface area contributed by atoms with Gasteiger partial charge in [-0.15, -0.1) is 0 Å². The highest BCUT2D eigenvalue weighted by Gasteiger charge is 2.33. The maximum absolute atomic E-state index is 7.27. The first-order chi connectivity index (χ1) is 34.1. The van der Waals surface area contributed by atoms with Crippen LogP contribution in [0.1, 0.15) is 35.6 Å². The maximum Gasteiger partial charge on any atom is 0.137 e. The number of fused-ring (bicyclic) bond motifs is 14. The maximum atomic E-state index is 7.27. The van der Waals surface area contributed by atoms with Crippen molar-refractivity contribution in [3.05, 3.63) is 210 Å². The Labute approximate surface area is 398 Å². The molecule has 2 N–H and O–H groups in total. The van der Waals surface area contributed by atoms with Crippen molar-refractivity contribution in [3.8, 4) is 28.3 Å². The molecule has 0 amide bonds. The van der Waals surface area contributed by atoms with Gasteiger partial charge in [-0.2, -0.15) is 0 Å². The Morgan fingerprint density at radius 3 is 1.49 bits per heavy atom. The topological polar surface area (TPSA) is 58.6 Å². The summed E-state index contributed by atoms with van der Waals surface area (Å²) in [5.41, 5.74) is 27.7. The zero-order chi connectivity index (χ0) is 45.5. The SMILES string of the molecule is CC/C=C\C=C(/N)n1c2ccc(-n3c4ccccc4c4ccccc43)cc2c2cc3c4c(c21)CCc1c-4c(cc2c4cc(-n5c6ccccc6c6ccccc65)ccc4n(-c4ccccn4)c12)CC3. The van der Waals surface area contributed by atoms with Crippen molar-refractivity contribution in [2.45, 2.75) is 39.0 Å². The minimum atomic E-state index is 0.729. The van der Waals surface area contributed by atoms with Gasteiger partial charge in [0, 0.05) is 60.7 Å². The first-order valence-electron chi connectivity index (χ1n) is 24.4. The molecule has 13 aromatic rings. The van der Waals surface area contributed by atoms with E-state index in [1.807, 2.05) is 12.3 Å². The number of nitrogens with zero attached hydrogens (tertiary/aromatic N) is 5. The molecule has 0 fully saturated rings. The molecule has 5 heterocycles. The van der Waals surface area contributed by atoms with E-state index in [1.165, 1.54) is 115 Å². The second-order valence-electron chi connectivity index (χ2n) is 19.0. The molecule has 0 saturated heterocycles. The standard InChI is InChI=1S/C63H46N6/c1-2-3-4-23-58(64)68-56-31-27-40(66-52-19-9-5-15-42(52)43-16-6-10-20-53(43)66)36-48(56)50-34-38-25-26-39-35-51-49-37-41(67-54-21-11-7-17-44(54)45-18-8-12-22-55(45)67)28-32-57(49)69(59-24-13-14-33-65-59)63(51)47-30-29-46(62(50)68)60(38)61(39)47/h3-24,27-28,31-37H,2,25-26,29-30,64H2,1H3/b4-3-,58-23+. The van der Waals surface area contributed by atoms with Crippen LogP contribution in [0.25, 0.3) is 121 Å². The van der Waals surface area contributed by atoms with Crippen LogP contribution in [0.5, 0.6) is 0 Å². The Balaban J connectivity index is 1.00. The van der Waals surface area contributed by atoms with Gasteiger partial charge in [0.05, 0.1) is 44.1 Å². The van der Waals surface area contributed by atoms with Gasteiger partial charge in [-0.05, 0) is 156 Å². The summed E-state index contributed by atoms with van der Waals surface area (Å²) in [5, 5.41) is 10.1. The van der Waals surface area contributed by atoms with E-state index in [0.29, 0.717) is 0 Å². The normalized spacial score (nSPS) is 13.8. The molecular formula is C63H46N6. The van der Waals surface area contributed by atoms with Crippen molar-refractivity contribution in [2.75, 3.05) is 0 Å². The monoisotopic (exact) mass is 886 g/mol. The van der Waals surface area contributed by atoms with Gasteiger partial charge in [-0.1, -0.05) is 97.9 Å². The van der Waals surface area contributed by atoms with Crippen LogP contribution >= 0.6 is 0 Å². The molecule has 0 radical (unpaired) electrons. The molecule has 6 nitrogen and oxygen atoms in total. The lowest BCUT2D eigenvalue weighted by molar-refractivity contribution is 0.882. The van der Waals surface area contributed by atoms with Crippen LogP contribution in [0.2, 0.25) is 0 Å². The van der Waals surface area contributed by atoms with Gasteiger partial charge < -0.3 is 14.9 Å². The molecule has 0 bridgehead atoms. The number of rotatable bonds is 6. The number of benzene rings is 8. The van der Waals surface area contributed by atoms with Crippen LogP contribution in [0.3, 0.4) is 0 Å².